The predicted molar refractivity (Wildman–Crippen MR) is 50.9 cm³/mol. The van der Waals surface area contributed by atoms with E-state index in [9.17, 15) is 8.78 Å². The Kier molecular flexibility index (Phi) is 3.53. The van der Waals surface area contributed by atoms with E-state index in [4.69, 9.17) is 5.26 Å². The van der Waals surface area contributed by atoms with Crippen molar-refractivity contribution < 1.29 is 8.78 Å². The third kappa shape index (κ3) is 2.26. The number of hydrogen-bond donors (Lipinski definition) is 0. The van der Waals surface area contributed by atoms with Crippen molar-refractivity contribution >= 4 is 15.9 Å². The molecular formula is C9H7BrF2N2. The molecule has 0 aromatic carbocycles. The van der Waals surface area contributed by atoms with Gasteiger partial charge >= 0.3 is 0 Å². The quantitative estimate of drug-likeness (QED) is 0.766. The lowest BCUT2D eigenvalue weighted by atomic mass is 10.1. The van der Waals surface area contributed by atoms with Gasteiger partial charge in [-0.15, -0.1) is 0 Å². The Hall–Kier alpha value is -1.02. The Labute approximate surface area is 88.7 Å². The molecule has 0 fully saturated rings. The van der Waals surface area contributed by atoms with Gasteiger partial charge in [-0.3, -0.25) is 0 Å². The maximum absolute atomic E-state index is 12.6. The summed E-state index contributed by atoms with van der Waals surface area (Å²) < 4.78 is 25.4. The highest BCUT2D eigenvalue weighted by Gasteiger charge is 2.16. The normalized spacial score (nSPS) is 10.3. The number of aryl methyl sites for hydroxylation is 1. The lowest BCUT2D eigenvalue weighted by molar-refractivity contribution is 0.150. The number of halogens is 3. The molecule has 0 amide bonds. The minimum Gasteiger partial charge on any atom is -0.246 e. The summed E-state index contributed by atoms with van der Waals surface area (Å²) in [6, 6.07) is 3.14. The summed E-state index contributed by atoms with van der Waals surface area (Å²) in [5.41, 5.74) is 0.660. The minimum absolute atomic E-state index is 0.0620. The van der Waals surface area contributed by atoms with Crippen molar-refractivity contribution in [1.29, 1.82) is 5.26 Å². The van der Waals surface area contributed by atoms with E-state index in [2.05, 4.69) is 20.9 Å². The molecule has 0 aliphatic rings. The molecule has 1 aromatic rings. The fourth-order valence-corrected chi connectivity index (χ4v) is 1.78. The second-order valence-electron chi connectivity index (χ2n) is 2.76. The molecule has 0 aliphatic heterocycles. The predicted octanol–water partition coefficient (Wildman–Crippen LogP) is 3.16. The Morgan fingerprint density at radius 1 is 1.64 bits per heavy atom. The van der Waals surface area contributed by atoms with Crippen LogP contribution in [0.15, 0.2) is 10.7 Å². The molecule has 2 nitrogen and oxygen atoms in total. The minimum atomic E-state index is -2.57. The van der Waals surface area contributed by atoms with Gasteiger partial charge in [0, 0.05) is 16.8 Å². The maximum atomic E-state index is 12.6. The van der Waals surface area contributed by atoms with Gasteiger partial charge < -0.3 is 0 Å². The molecule has 0 unspecified atom stereocenters. The average Bonchev–Trinajstić information content (AvgIpc) is 2.09. The van der Waals surface area contributed by atoms with Crippen LogP contribution in [0.4, 0.5) is 8.78 Å². The second kappa shape index (κ2) is 4.47. The highest BCUT2D eigenvalue weighted by Crippen LogP contribution is 2.28. The molecule has 5 heteroatoms. The number of nitriles is 1. The van der Waals surface area contributed by atoms with Gasteiger partial charge in [0.15, 0.2) is 0 Å². The third-order valence-corrected chi connectivity index (χ3v) is 2.38. The van der Waals surface area contributed by atoms with Crippen LogP contribution in [0.1, 0.15) is 23.2 Å². The van der Waals surface area contributed by atoms with E-state index >= 15 is 0 Å². The van der Waals surface area contributed by atoms with E-state index < -0.39 is 6.43 Å². The molecule has 1 heterocycles. The fraction of sp³-hybridized carbons (Fsp3) is 0.333. The zero-order valence-electron chi connectivity index (χ0n) is 7.39. The smallest absolute Gasteiger partial charge is 0.246 e. The first kappa shape index (κ1) is 11.1. The lowest BCUT2D eigenvalue weighted by Crippen LogP contribution is -1.99. The number of alkyl halides is 2. The standard InChI is InChI=1S/C9H7BrF2N2/c1-5-4-7(9(11)12)6(2-3-13)8(10)14-5/h4,9H,2H2,1H3. The van der Waals surface area contributed by atoms with Crippen LogP contribution in [0, 0.1) is 18.3 Å². The summed E-state index contributed by atoms with van der Waals surface area (Å²) >= 11 is 3.07. The van der Waals surface area contributed by atoms with E-state index in [1.54, 1.807) is 6.92 Å². The molecular weight excluding hydrogens is 254 g/mol. The molecule has 0 N–H and O–H groups in total. The number of nitrogens with zero attached hydrogens (tertiary/aromatic N) is 2. The third-order valence-electron chi connectivity index (χ3n) is 1.73. The first-order valence-electron chi connectivity index (χ1n) is 3.87. The Bertz CT molecular complexity index is 385. The zero-order valence-corrected chi connectivity index (χ0v) is 8.98. The molecule has 0 saturated heterocycles. The van der Waals surface area contributed by atoms with Crippen molar-refractivity contribution in [2.45, 2.75) is 19.8 Å². The van der Waals surface area contributed by atoms with Gasteiger partial charge in [-0.2, -0.15) is 5.26 Å². The maximum Gasteiger partial charge on any atom is 0.264 e. The van der Waals surface area contributed by atoms with Gasteiger partial charge in [-0.1, -0.05) is 0 Å². The Balaban J connectivity index is 3.30. The lowest BCUT2D eigenvalue weighted by Gasteiger charge is -2.08. The van der Waals surface area contributed by atoms with Gasteiger partial charge in [-0.25, -0.2) is 13.8 Å². The van der Waals surface area contributed by atoms with E-state index in [1.807, 2.05) is 6.07 Å². The van der Waals surface area contributed by atoms with Gasteiger partial charge in [0.25, 0.3) is 6.43 Å². The van der Waals surface area contributed by atoms with Gasteiger partial charge in [-0.05, 0) is 28.9 Å². The van der Waals surface area contributed by atoms with Gasteiger partial charge in [0.1, 0.15) is 4.60 Å². The van der Waals surface area contributed by atoms with Crippen LogP contribution < -0.4 is 0 Å². The van der Waals surface area contributed by atoms with Crippen LogP contribution >= 0.6 is 15.9 Å². The largest absolute Gasteiger partial charge is 0.264 e. The highest BCUT2D eigenvalue weighted by atomic mass is 79.9. The molecule has 14 heavy (non-hydrogen) atoms. The molecule has 0 aliphatic carbocycles. The molecule has 0 bridgehead atoms. The van der Waals surface area contributed by atoms with E-state index in [-0.39, 0.29) is 17.5 Å². The van der Waals surface area contributed by atoms with Crippen molar-refractivity contribution in [3.63, 3.8) is 0 Å². The molecule has 0 spiro atoms. The Morgan fingerprint density at radius 2 is 2.29 bits per heavy atom. The van der Waals surface area contributed by atoms with Crippen LogP contribution in [0.2, 0.25) is 0 Å². The van der Waals surface area contributed by atoms with Crippen LogP contribution in [0.25, 0.3) is 0 Å². The van der Waals surface area contributed by atoms with E-state index in [0.29, 0.717) is 10.3 Å². The van der Waals surface area contributed by atoms with Crippen molar-refractivity contribution in [1.82, 2.24) is 4.98 Å². The summed E-state index contributed by atoms with van der Waals surface area (Å²) in [6.07, 6.45) is -2.63. The van der Waals surface area contributed by atoms with Crippen molar-refractivity contribution in [3.05, 3.63) is 27.5 Å². The first-order valence-corrected chi connectivity index (χ1v) is 4.66. The van der Waals surface area contributed by atoms with Gasteiger partial charge in [0.05, 0.1) is 12.5 Å². The van der Waals surface area contributed by atoms with Crippen LogP contribution in [0.5, 0.6) is 0 Å². The molecule has 0 saturated carbocycles. The van der Waals surface area contributed by atoms with Crippen molar-refractivity contribution in [2.24, 2.45) is 0 Å². The van der Waals surface area contributed by atoms with Crippen LogP contribution in [0.3, 0.4) is 0 Å². The molecule has 1 aromatic heterocycles. The topological polar surface area (TPSA) is 36.7 Å². The summed E-state index contributed by atoms with van der Waals surface area (Å²) in [4.78, 5) is 3.97. The molecule has 0 atom stereocenters. The number of hydrogen-bond acceptors (Lipinski definition) is 2. The van der Waals surface area contributed by atoms with Crippen LogP contribution in [-0.2, 0) is 6.42 Å². The number of rotatable bonds is 2. The number of aromatic nitrogens is 1. The van der Waals surface area contributed by atoms with Crippen LogP contribution in [-0.4, -0.2) is 4.98 Å². The number of pyridine rings is 1. The Morgan fingerprint density at radius 3 is 2.79 bits per heavy atom. The zero-order chi connectivity index (χ0) is 10.7. The summed E-state index contributed by atoms with van der Waals surface area (Å²) in [5.74, 6) is 0. The summed E-state index contributed by atoms with van der Waals surface area (Å²) in [7, 11) is 0. The molecule has 74 valence electrons. The van der Waals surface area contributed by atoms with Crippen molar-refractivity contribution in [3.8, 4) is 6.07 Å². The fourth-order valence-electron chi connectivity index (χ4n) is 1.13. The first-order chi connectivity index (χ1) is 6.56. The van der Waals surface area contributed by atoms with Crippen molar-refractivity contribution in [2.75, 3.05) is 0 Å². The second-order valence-corrected chi connectivity index (χ2v) is 3.51. The average molecular weight is 261 g/mol. The molecule has 0 radical (unpaired) electrons. The highest BCUT2D eigenvalue weighted by molar-refractivity contribution is 9.10. The SMILES string of the molecule is Cc1cc(C(F)F)c(CC#N)c(Br)n1. The van der Waals surface area contributed by atoms with E-state index in [1.165, 1.54) is 6.07 Å². The summed E-state index contributed by atoms with van der Waals surface area (Å²) in [6.45, 7) is 1.63. The van der Waals surface area contributed by atoms with E-state index in [0.717, 1.165) is 0 Å². The monoisotopic (exact) mass is 260 g/mol. The summed E-state index contributed by atoms with van der Waals surface area (Å²) in [5, 5.41) is 8.48. The van der Waals surface area contributed by atoms with Gasteiger partial charge in [0.2, 0.25) is 0 Å². The molecule has 1 rings (SSSR count).